The average Bonchev–Trinajstić information content (AvgIpc) is 1.85. The number of hydrogen-bond donors (Lipinski definition) is 1. The van der Waals surface area contributed by atoms with E-state index >= 15 is 0 Å². The van der Waals surface area contributed by atoms with Crippen molar-refractivity contribution in [2.75, 3.05) is 6.61 Å². The summed E-state index contributed by atoms with van der Waals surface area (Å²) in [5, 5.41) is 0. The summed E-state index contributed by atoms with van der Waals surface area (Å²) in [7, 11) is 0. The van der Waals surface area contributed by atoms with Crippen molar-refractivity contribution in [3.63, 3.8) is 0 Å². The van der Waals surface area contributed by atoms with Crippen molar-refractivity contribution < 1.29 is 9.53 Å². The first-order valence-electron chi connectivity index (χ1n) is 3.55. The minimum Gasteiger partial charge on any atom is -0.464 e. The van der Waals surface area contributed by atoms with Gasteiger partial charge in [-0.05, 0) is 6.42 Å². The molecule has 1 unspecified atom stereocenters. The van der Waals surface area contributed by atoms with E-state index in [9.17, 15) is 4.79 Å². The Morgan fingerprint density at radius 3 is 2.70 bits per heavy atom. The molecule has 0 saturated carbocycles. The van der Waals surface area contributed by atoms with E-state index in [1.807, 2.05) is 6.92 Å². The first kappa shape index (κ1) is 9.43. The first-order chi connectivity index (χ1) is 4.66. The molecule has 0 aliphatic rings. The van der Waals surface area contributed by atoms with Gasteiger partial charge in [0.05, 0.1) is 0 Å². The lowest BCUT2D eigenvalue weighted by Crippen LogP contribution is -2.26. The van der Waals surface area contributed by atoms with Crippen LogP contribution in [0.3, 0.4) is 0 Å². The van der Waals surface area contributed by atoms with Crippen LogP contribution in [-0.4, -0.2) is 18.6 Å². The Balaban J connectivity index is 3.21. The standard InChI is InChI=1S/C7H15NO2/c1-3-4-7(8)5-10-6(2)9/h7H,3-5,8H2,1-2H3. The Bertz CT molecular complexity index is 104. The van der Waals surface area contributed by atoms with E-state index < -0.39 is 0 Å². The molecule has 0 aromatic heterocycles. The maximum atomic E-state index is 10.3. The van der Waals surface area contributed by atoms with E-state index in [4.69, 9.17) is 10.5 Å². The van der Waals surface area contributed by atoms with Crippen LogP contribution in [0.5, 0.6) is 0 Å². The van der Waals surface area contributed by atoms with Gasteiger partial charge >= 0.3 is 5.97 Å². The molecule has 0 aromatic rings. The fraction of sp³-hybridized carbons (Fsp3) is 0.857. The summed E-state index contributed by atoms with van der Waals surface area (Å²) in [6, 6.07) is 0.00824. The van der Waals surface area contributed by atoms with Crippen LogP contribution in [0, 0.1) is 0 Å². The molecular weight excluding hydrogens is 130 g/mol. The number of esters is 1. The van der Waals surface area contributed by atoms with Gasteiger partial charge in [0.1, 0.15) is 6.61 Å². The molecule has 2 N–H and O–H groups in total. The summed E-state index contributed by atoms with van der Waals surface area (Å²) < 4.78 is 4.69. The second-order valence-corrected chi connectivity index (χ2v) is 2.35. The SMILES string of the molecule is CCCC(N)COC(C)=O. The van der Waals surface area contributed by atoms with Gasteiger partial charge in [-0.25, -0.2) is 0 Å². The van der Waals surface area contributed by atoms with Crippen molar-refractivity contribution in [3.05, 3.63) is 0 Å². The third kappa shape index (κ3) is 5.56. The van der Waals surface area contributed by atoms with E-state index in [1.54, 1.807) is 0 Å². The van der Waals surface area contributed by atoms with Crippen molar-refractivity contribution in [2.24, 2.45) is 5.73 Å². The number of rotatable bonds is 4. The fourth-order valence-electron chi connectivity index (χ4n) is 0.679. The summed E-state index contributed by atoms with van der Waals surface area (Å²) in [6.45, 7) is 3.79. The fourth-order valence-corrected chi connectivity index (χ4v) is 0.679. The summed E-state index contributed by atoms with van der Waals surface area (Å²) in [4.78, 5) is 10.3. The van der Waals surface area contributed by atoms with Crippen molar-refractivity contribution in [2.45, 2.75) is 32.7 Å². The Hall–Kier alpha value is -0.570. The monoisotopic (exact) mass is 145 g/mol. The average molecular weight is 145 g/mol. The number of nitrogens with two attached hydrogens (primary N) is 1. The molecule has 0 spiro atoms. The molecule has 0 radical (unpaired) electrons. The van der Waals surface area contributed by atoms with Gasteiger partial charge in [0.15, 0.2) is 0 Å². The van der Waals surface area contributed by atoms with E-state index in [2.05, 4.69) is 0 Å². The van der Waals surface area contributed by atoms with E-state index in [0.29, 0.717) is 6.61 Å². The number of carbonyl (C=O) groups is 1. The van der Waals surface area contributed by atoms with Gasteiger partial charge in [0, 0.05) is 13.0 Å². The van der Waals surface area contributed by atoms with Gasteiger partial charge in [-0.15, -0.1) is 0 Å². The molecule has 0 aliphatic heterocycles. The Morgan fingerprint density at radius 2 is 2.30 bits per heavy atom. The summed E-state index contributed by atoms with van der Waals surface area (Å²) >= 11 is 0. The van der Waals surface area contributed by atoms with Gasteiger partial charge < -0.3 is 10.5 Å². The lowest BCUT2D eigenvalue weighted by Gasteiger charge is -2.08. The highest BCUT2D eigenvalue weighted by molar-refractivity contribution is 5.65. The second kappa shape index (κ2) is 5.23. The summed E-state index contributed by atoms with van der Waals surface area (Å²) in [5.41, 5.74) is 5.56. The molecule has 1 atom stereocenters. The molecule has 60 valence electrons. The predicted molar refractivity (Wildman–Crippen MR) is 39.5 cm³/mol. The van der Waals surface area contributed by atoms with Crippen molar-refractivity contribution >= 4 is 5.97 Å². The smallest absolute Gasteiger partial charge is 0.302 e. The molecule has 3 nitrogen and oxygen atoms in total. The zero-order valence-corrected chi connectivity index (χ0v) is 6.59. The molecule has 0 bridgehead atoms. The zero-order chi connectivity index (χ0) is 7.98. The van der Waals surface area contributed by atoms with Gasteiger partial charge in [-0.1, -0.05) is 13.3 Å². The maximum absolute atomic E-state index is 10.3. The summed E-state index contributed by atoms with van der Waals surface area (Å²) in [6.07, 6.45) is 1.94. The van der Waals surface area contributed by atoms with Crippen LogP contribution in [0.2, 0.25) is 0 Å². The molecule has 0 amide bonds. The van der Waals surface area contributed by atoms with Crippen molar-refractivity contribution in [1.29, 1.82) is 0 Å². The largest absolute Gasteiger partial charge is 0.464 e. The molecule has 0 fully saturated rings. The lowest BCUT2D eigenvalue weighted by atomic mass is 10.2. The minimum atomic E-state index is -0.258. The maximum Gasteiger partial charge on any atom is 0.302 e. The van der Waals surface area contributed by atoms with Crippen LogP contribution in [0.4, 0.5) is 0 Å². The number of hydrogen-bond acceptors (Lipinski definition) is 3. The first-order valence-corrected chi connectivity index (χ1v) is 3.55. The second-order valence-electron chi connectivity index (χ2n) is 2.35. The van der Waals surface area contributed by atoms with Crippen LogP contribution in [0.1, 0.15) is 26.7 Å². The van der Waals surface area contributed by atoms with Crippen molar-refractivity contribution in [3.8, 4) is 0 Å². The minimum absolute atomic E-state index is 0.00824. The lowest BCUT2D eigenvalue weighted by molar-refractivity contribution is -0.141. The molecule has 0 saturated heterocycles. The molecular formula is C7H15NO2. The van der Waals surface area contributed by atoms with E-state index in [1.165, 1.54) is 6.92 Å². The highest BCUT2D eigenvalue weighted by Gasteiger charge is 2.01. The van der Waals surface area contributed by atoms with Crippen LogP contribution < -0.4 is 5.73 Å². The van der Waals surface area contributed by atoms with Crippen LogP contribution in [0.15, 0.2) is 0 Å². The summed E-state index contributed by atoms with van der Waals surface area (Å²) in [5.74, 6) is -0.258. The molecule has 0 rings (SSSR count). The van der Waals surface area contributed by atoms with E-state index in [0.717, 1.165) is 12.8 Å². The zero-order valence-electron chi connectivity index (χ0n) is 6.59. The van der Waals surface area contributed by atoms with Gasteiger partial charge in [0.25, 0.3) is 0 Å². The van der Waals surface area contributed by atoms with Gasteiger partial charge in [0.2, 0.25) is 0 Å². The Morgan fingerprint density at radius 1 is 1.70 bits per heavy atom. The van der Waals surface area contributed by atoms with Gasteiger partial charge in [-0.3, -0.25) is 4.79 Å². The third-order valence-corrected chi connectivity index (χ3v) is 1.16. The molecule has 10 heavy (non-hydrogen) atoms. The number of ether oxygens (including phenoxy) is 1. The Labute approximate surface area is 61.5 Å². The third-order valence-electron chi connectivity index (χ3n) is 1.16. The Kier molecular flexibility index (Phi) is 4.94. The highest BCUT2D eigenvalue weighted by Crippen LogP contribution is 1.93. The molecule has 0 aliphatic carbocycles. The molecule has 0 aromatic carbocycles. The van der Waals surface area contributed by atoms with Gasteiger partial charge in [-0.2, -0.15) is 0 Å². The van der Waals surface area contributed by atoms with Crippen molar-refractivity contribution in [1.82, 2.24) is 0 Å². The molecule has 3 heteroatoms. The number of carbonyl (C=O) groups excluding carboxylic acids is 1. The van der Waals surface area contributed by atoms with Crippen LogP contribution in [0.25, 0.3) is 0 Å². The van der Waals surface area contributed by atoms with Crippen LogP contribution in [-0.2, 0) is 9.53 Å². The normalized spacial score (nSPS) is 12.7. The van der Waals surface area contributed by atoms with E-state index in [-0.39, 0.29) is 12.0 Å². The quantitative estimate of drug-likeness (QED) is 0.592. The van der Waals surface area contributed by atoms with Crippen LogP contribution >= 0.6 is 0 Å². The topological polar surface area (TPSA) is 52.3 Å². The molecule has 0 heterocycles. The predicted octanol–water partition coefficient (Wildman–Crippen LogP) is 0.677. The highest BCUT2D eigenvalue weighted by atomic mass is 16.5.